The van der Waals surface area contributed by atoms with E-state index in [-0.39, 0.29) is 17.6 Å². The van der Waals surface area contributed by atoms with Gasteiger partial charge < -0.3 is 0 Å². The van der Waals surface area contributed by atoms with E-state index in [9.17, 15) is 9.18 Å². The van der Waals surface area contributed by atoms with Gasteiger partial charge in [-0.15, -0.1) is 0 Å². The summed E-state index contributed by atoms with van der Waals surface area (Å²) < 4.78 is 12.7. The minimum Gasteiger partial charge on any atom is -0.273 e. The summed E-state index contributed by atoms with van der Waals surface area (Å²) in [5.74, 6) is -0.185. The number of carbonyl (C=O) groups is 1. The first-order valence-electron chi connectivity index (χ1n) is 6.34. The van der Waals surface area contributed by atoms with Crippen LogP contribution in [0.4, 0.5) is 4.39 Å². The van der Waals surface area contributed by atoms with Gasteiger partial charge in [0.05, 0.1) is 6.21 Å². The Hall–Kier alpha value is -1.71. The van der Waals surface area contributed by atoms with E-state index in [1.165, 1.54) is 24.8 Å². The van der Waals surface area contributed by atoms with Crippen LogP contribution >= 0.6 is 0 Å². The molecule has 1 fully saturated rings. The maximum absolute atomic E-state index is 12.7. The summed E-state index contributed by atoms with van der Waals surface area (Å²) in [5, 5.41) is 3.90. The van der Waals surface area contributed by atoms with Crippen LogP contribution in [-0.4, -0.2) is 12.1 Å². The van der Waals surface area contributed by atoms with E-state index in [2.05, 4.69) is 10.5 Å². The van der Waals surface area contributed by atoms with Crippen molar-refractivity contribution in [3.05, 3.63) is 35.6 Å². The molecule has 1 aromatic rings. The van der Waals surface area contributed by atoms with Crippen LogP contribution in [0.5, 0.6) is 0 Å². The van der Waals surface area contributed by atoms with Gasteiger partial charge in [0, 0.05) is 5.92 Å². The molecule has 0 unspecified atom stereocenters. The van der Waals surface area contributed by atoms with Crippen molar-refractivity contribution < 1.29 is 9.18 Å². The number of hydrogen-bond donors (Lipinski definition) is 1. The number of hydrogen-bond acceptors (Lipinski definition) is 2. The quantitative estimate of drug-likeness (QED) is 0.648. The third kappa shape index (κ3) is 3.65. The van der Waals surface area contributed by atoms with Crippen molar-refractivity contribution >= 4 is 12.1 Å². The number of benzene rings is 1. The zero-order valence-electron chi connectivity index (χ0n) is 10.2. The average molecular weight is 248 g/mol. The van der Waals surface area contributed by atoms with E-state index in [0.717, 1.165) is 31.2 Å². The summed E-state index contributed by atoms with van der Waals surface area (Å²) in [5.41, 5.74) is 3.32. The van der Waals surface area contributed by atoms with Gasteiger partial charge in [0.1, 0.15) is 5.82 Å². The van der Waals surface area contributed by atoms with E-state index in [1.54, 1.807) is 12.1 Å². The lowest BCUT2D eigenvalue weighted by molar-refractivity contribution is -0.125. The second kappa shape index (κ2) is 6.28. The highest BCUT2D eigenvalue weighted by Crippen LogP contribution is 2.23. The Morgan fingerprint density at radius 1 is 1.22 bits per heavy atom. The molecule has 0 atom stereocenters. The van der Waals surface area contributed by atoms with Crippen molar-refractivity contribution in [2.24, 2.45) is 11.0 Å². The number of halogens is 1. The third-order valence-corrected chi connectivity index (χ3v) is 3.23. The topological polar surface area (TPSA) is 41.5 Å². The highest BCUT2D eigenvalue weighted by molar-refractivity contribution is 5.83. The molecule has 1 N–H and O–H groups in total. The fourth-order valence-electron chi connectivity index (χ4n) is 2.18. The van der Waals surface area contributed by atoms with Crippen LogP contribution in [0.15, 0.2) is 29.4 Å². The highest BCUT2D eigenvalue weighted by Gasteiger charge is 2.20. The fourth-order valence-corrected chi connectivity index (χ4v) is 2.18. The first-order valence-corrected chi connectivity index (χ1v) is 6.34. The molecule has 96 valence electrons. The van der Waals surface area contributed by atoms with Crippen LogP contribution in [0, 0.1) is 11.7 Å². The van der Waals surface area contributed by atoms with E-state index >= 15 is 0 Å². The van der Waals surface area contributed by atoms with Crippen LogP contribution in [0.1, 0.15) is 37.7 Å². The standard InChI is InChI=1S/C14H17FN2O/c15-13-8-6-11(7-9-13)10-16-17-14(18)12-4-2-1-3-5-12/h6-10,12H,1-5H2,(H,17,18). The lowest BCUT2D eigenvalue weighted by Crippen LogP contribution is -2.28. The first kappa shape index (κ1) is 12.7. The molecule has 0 bridgehead atoms. The Bertz CT molecular complexity index is 422. The summed E-state index contributed by atoms with van der Waals surface area (Å²) in [6.45, 7) is 0. The van der Waals surface area contributed by atoms with Crippen molar-refractivity contribution in [1.82, 2.24) is 5.43 Å². The zero-order chi connectivity index (χ0) is 12.8. The number of hydrazone groups is 1. The molecule has 2 rings (SSSR count). The van der Waals surface area contributed by atoms with Gasteiger partial charge in [-0.1, -0.05) is 31.4 Å². The molecule has 1 aliphatic carbocycles. The monoisotopic (exact) mass is 248 g/mol. The van der Waals surface area contributed by atoms with Crippen LogP contribution in [0.25, 0.3) is 0 Å². The Balaban J connectivity index is 1.83. The van der Waals surface area contributed by atoms with Gasteiger partial charge in [-0.3, -0.25) is 4.79 Å². The predicted molar refractivity (Wildman–Crippen MR) is 68.7 cm³/mol. The van der Waals surface area contributed by atoms with Crippen molar-refractivity contribution in [2.75, 3.05) is 0 Å². The molecule has 0 aliphatic heterocycles. The molecule has 1 saturated carbocycles. The number of nitrogens with one attached hydrogen (secondary N) is 1. The number of nitrogens with zero attached hydrogens (tertiary/aromatic N) is 1. The van der Waals surface area contributed by atoms with E-state index in [4.69, 9.17) is 0 Å². The zero-order valence-corrected chi connectivity index (χ0v) is 10.2. The molecular weight excluding hydrogens is 231 g/mol. The minimum atomic E-state index is -0.279. The van der Waals surface area contributed by atoms with Crippen molar-refractivity contribution in [3.8, 4) is 0 Å². The lowest BCUT2D eigenvalue weighted by atomic mass is 9.89. The average Bonchev–Trinajstić information content (AvgIpc) is 2.42. The van der Waals surface area contributed by atoms with E-state index in [0.29, 0.717) is 0 Å². The van der Waals surface area contributed by atoms with Gasteiger partial charge >= 0.3 is 0 Å². The molecule has 3 nitrogen and oxygen atoms in total. The largest absolute Gasteiger partial charge is 0.273 e. The molecule has 0 radical (unpaired) electrons. The van der Waals surface area contributed by atoms with Gasteiger partial charge in [-0.05, 0) is 30.5 Å². The number of carbonyl (C=O) groups excluding carboxylic acids is 1. The Kier molecular flexibility index (Phi) is 4.45. The normalized spacial score (nSPS) is 16.9. The second-order valence-electron chi connectivity index (χ2n) is 4.62. The summed E-state index contributed by atoms with van der Waals surface area (Å²) in [7, 11) is 0. The molecule has 0 aromatic heterocycles. The van der Waals surface area contributed by atoms with Crippen LogP contribution in [0.3, 0.4) is 0 Å². The van der Waals surface area contributed by atoms with Gasteiger partial charge in [0.15, 0.2) is 0 Å². The summed E-state index contributed by atoms with van der Waals surface area (Å²) in [6.07, 6.45) is 6.91. The van der Waals surface area contributed by atoms with Gasteiger partial charge in [-0.2, -0.15) is 5.10 Å². The maximum Gasteiger partial charge on any atom is 0.243 e. The van der Waals surface area contributed by atoms with Crippen molar-refractivity contribution in [2.45, 2.75) is 32.1 Å². The molecule has 18 heavy (non-hydrogen) atoms. The molecular formula is C14H17FN2O. The van der Waals surface area contributed by atoms with Crippen molar-refractivity contribution in [1.29, 1.82) is 0 Å². The minimum absolute atomic E-state index is 0.00642. The van der Waals surface area contributed by atoms with E-state index < -0.39 is 0 Å². The van der Waals surface area contributed by atoms with Crippen molar-refractivity contribution in [3.63, 3.8) is 0 Å². The SMILES string of the molecule is O=C(NN=Cc1ccc(F)cc1)C1CCCCC1. The fraction of sp³-hybridized carbons (Fsp3) is 0.429. The third-order valence-electron chi connectivity index (χ3n) is 3.23. The predicted octanol–water partition coefficient (Wildman–Crippen LogP) is 2.86. The highest BCUT2D eigenvalue weighted by atomic mass is 19.1. The molecule has 1 aliphatic rings. The Labute approximate surface area is 106 Å². The van der Waals surface area contributed by atoms with Crippen LogP contribution in [0.2, 0.25) is 0 Å². The van der Waals surface area contributed by atoms with Crippen LogP contribution < -0.4 is 5.43 Å². The molecule has 0 heterocycles. The smallest absolute Gasteiger partial charge is 0.243 e. The first-order chi connectivity index (χ1) is 8.75. The van der Waals surface area contributed by atoms with Gasteiger partial charge in [-0.25, -0.2) is 9.82 Å². The number of rotatable bonds is 3. The molecule has 4 heteroatoms. The molecule has 1 amide bonds. The molecule has 1 aromatic carbocycles. The maximum atomic E-state index is 12.7. The summed E-state index contributed by atoms with van der Waals surface area (Å²) in [6, 6.07) is 5.96. The Morgan fingerprint density at radius 2 is 1.89 bits per heavy atom. The van der Waals surface area contributed by atoms with Gasteiger partial charge in [0.2, 0.25) is 5.91 Å². The molecule has 0 spiro atoms. The number of amides is 1. The molecule has 0 saturated heterocycles. The Morgan fingerprint density at radius 3 is 2.56 bits per heavy atom. The summed E-state index contributed by atoms with van der Waals surface area (Å²) in [4.78, 5) is 11.8. The van der Waals surface area contributed by atoms with Crippen LogP contribution in [-0.2, 0) is 4.79 Å². The second-order valence-corrected chi connectivity index (χ2v) is 4.62. The van der Waals surface area contributed by atoms with E-state index in [1.807, 2.05) is 0 Å². The lowest BCUT2D eigenvalue weighted by Gasteiger charge is -2.19. The summed E-state index contributed by atoms with van der Waals surface area (Å²) >= 11 is 0. The van der Waals surface area contributed by atoms with Gasteiger partial charge in [0.25, 0.3) is 0 Å².